The molecule has 0 saturated carbocycles. The molecule has 1 fully saturated rings. The summed E-state index contributed by atoms with van der Waals surface area (Å²) in [5, 5.41) is 5.21. The van der Waals surface area contributed by atoms with Crippen molar-refractivity contribution in [3.8, 4) is 11.5 Å². The van der Waals surface area contributed by atoms with Crippen LogP contribution in [0.1, 0.15) is 42.0 Å². The van der Waals surface area contributed by atoms with Gasteiger partial charge in [0.2, 0.25) is 5.91 Å². The van der Waals surface area contributed by atoms with Gasteiger partial charge in [0, 0.05) is 18.2 Å². The number of urea groups is 1. The van der Waals surface area contributed by atoms with Gasteiger partial charge >= 0.3 is 6.03 Å². The predicted molar refractivity (Wildman–Crippen MR) is 119 cm³/mol. The highest BCUT2D eigenvalue weighted by Crippen LogP contribution is 2.37. The Labute approximate surface area is 182 Å². The lowest BCUT2D eigenvalue weighted by atomic mass is 10.0. The van der Waals surface area contributed by atoms with Gasteiger partial charge in [-0.05, 0) is 62.6 Å². The molecule has 2 N–H and O–H groups in total. The third-order valence-electron chi connectivity index (χ3n) is 5.75. The zero-order valence-electron chi connectivity index (χ0n) is 18.1. The zero-order chi connectivity index (χ0) is 21.8. The van der Waals surface area contributed by atoms with Gasteiger partial charge in [-0.25, -0.2) is 4.79 Å². The molecule has 1 atom stereocenters. The molecule has 1 saturated heterocycles. The summed E-state index contributed by atoms with van der Waals surface area (Å²) in [6.45, 7) is 6.20. The van der Waals surface area contributed by atoms with Crippen molar-refractivity contribution in [3.63, 3.8) is 0 Å². The van der Waals surface area contributed by atoms with Crippen molar-refractivity contribution in [2.24, 2.45) is 0 Å². The van der Waals surface area contributed by atoms with E-state index in [1.807, 2.05) is 50.2 Å². The lowest BCUT2D eigenvalue weighted by Gasteiger charge is -2.24. The highest BCUT2D eigenvalue weighted by molar-refractivity contribution is 6.02. The molecule has 0 bridgehead atoms. The number of hydrogen-bond donors (Lipinski definition) is 2. The standard InChI is InChI=1S/C24H29N3O4/c1-16-6-8-19(17(2)13-16)25-24(29)26-23(28)15-27-10-3-5-20(27)18-7-9-21-22(14-18)31-12-4-11-30-21/h6-9,13-14,20H,3-5,10-12,15H2,1-2H3,(H2,25,26,28,29)/t20-/m1/s1. The smallest absolute Gasteiger partial charge is 0.325 e. The Hall–Kier alpha value is -3.06. The van der Waals surface area contributed by atoms with Gasteiger partial charge in [0.1, 0.15) is 0 Å². The third-order valence-corrected chi connectivity index (χ3v) is 5.75. The second-order valence-electron chi connectivity index (χ2n) is 8.21. The minimum Gasteiger partial charge on any atom is -0.490 e. The molecule has 31 heavy (non-hydrogen) atoms. The average molecular weight is 424 g/mol. The van der Waals surface area contributed by atoms with Crippen molar-refractivity contribution in [1.29, 1.82) is 0 Å². The summed E-state index contributed by atoms with van der Waals surface area (Å²) in [4.78, 5) is 26.9. The largest absolute Gasteiger partial charge is 0.490 e. The number of hydrogen-bond acceptors (Lipinski definition) is 5. The van der Waals surface area contributed by atoms with Crippen LogP contribution in [-0.2, 0) is 4.79 Å². The summed E-state index contributed by atoms with van der Waals surface area (Å²) in [5.74, 6) is 1.22. The van der Waals surface area contributed by atoms with Crippen molar-refractivity contribution in [2.45, 2.75) is 39.2 Å². The molecule has 4 rings (SSSR count). The number of amides is 3. The van der Waals surface area contributed by atoms with Gasteiger partial charge < -0.3 is 14.8 Å². The Morgan fingerprint density at radius 3 is 2.65 bits per heavy atom. The van der Waals surface area contributed by atoms with Crippen LogP contribution in [-0.4, -0.2) is 43.1 Å². The van der Waals surface area contributed by atoms with E-state index in [0.717, 1.165) is 54.0 Å². The molecule has 7 nitrogen and oxygen atoms in total. The van der Waals surface area contributed by atoms with Crippen molar-refractivity contribution < 1.29 is 19.1 Å². The Morgan fingerprint density at radius 2 is 1.84 bits per heavy atom. The number of imide groups is 1. The number of rotatable bonds is 4. The number of nitrogens with one attached hydrogen (secondary N) is 2. The molecular formula is C24H29N3O4. The predicted octanol–water partition coefficient (Wildman–Crippen LogP) is 3.95. The Morgan fingerprint density at radius 1 is 1.03 bits per heavy atom. The summed E-state index contributed by atoms with van der Waals surface area (Å²) < 4.78 is 11.5. The maximum atomic E-state index is 12.5. The topological polar surface area (TPSA) is 79.9 Å². The number of nitrogens with zero attached hydrogens (tertiary/aromatic N) is 1. The van der Waals surface area contributed by atoms with Crippen LogP contribution in [0.2, 0.25) is 0 Å². The maximum Gasteiger partial charge on any atom is 0.325 e. The van der Waals surface area contributed by atoms with E-state index in [0.29, 0.717) is 18.9 Å². The molecule has 0 aliphatic carbocycles. The van der Waals surface area contributed by atoms with Crippen LogP contribution in [0, 0.1) is 13.8 Å². The number of benzene rings is 2. The van der Waals surface area contributed by atoms with E-state index in [4.69, 9.17) is 9.47 Å². The van der Waals surface area contributed by atoms with Crippen LogP contribution >= 0.6 is 0 Å². The molecule has 0 spiro atoms. The number of anilines is 1. The molecule has 2 aliphatic heterocycles. The molecule has 2 aromatic rings. The molecular weight excluding hydrogens is 394 g/mol. The molecule has 0 aromatic heterocycles. The van der Waals surface area contributed by atoms with Crippen LogP contribution in [0.4, 0.5) is 10.5 Å². The first-order valence-corrected chi connectivity index (χ1v) is 10.8. The molecule has 2 heterocycles. The first-order chi connectivity index (χ1) is 15.0. The highest BCUT2D eigenvalue weighted by Gasteiger charge is 2.29. The van der Waals surface area contributed by atoms with Crippen molar-refractivity contribution in [3.05, 3.63) is 53.1 Å². The van der Waals surface area contributed by atoms with Crippen molar-refractivity contribution in [1.82, 2.24) is 10.2 Å². The van der Waals surface area contributed by atoms with Gasteiger partial charge in [-0.3, -0.25) is 15.0 Å². The summed E-state index contributed by atoms with van der Waals surface area (Å²) in [7, 11) is 0. The van der Waals surface area contributed by atoms with Crippen LogP contribution in [0.5, 0.6) is 11.5 Å². The minimum atomic E-state index is -0.511. The van der Waals surface area contributed by atoms with E-state index >= 15 is 0 Å². The minimum absolute atomic E-state index is 0.116. The molecule has 164 valence electrons. The monoisotopic (exact) mass is 423 g/mol. The van der Waals surface area contributed by atoms with Crippen LogP contribution < -0.4 is 20.1 Å². The van der Waals surface area contributed by atoms with Gasteiger partial charge in [0.25, 0.3) is 0 Å². The number of carbonyl (C=O) groups excluding carboxylic acids is 2. The molecule has 0 unspecified atom stereocenters. The molecule has 2 aromatic carbocycles. The van der Waals surface area contributed by atoms with Crippen LogP contribution in [0.25, 0.3) is 0 Å². The second kappa shape index (κ2) is 9.39. The first kappa shape index (κ1) is 21.2. The second-order valence-corrected chi connectivity index (χ2v) is 8.21. The molecule has 2 aliphatic rings. The summed E-state index contributed by atoms with van der Waals surface area (Å²) >= 11 is 0. The first-order valence-electron chi connectivity index (χ1n) is 10.8. The lowest BCUT2D eigenvalue weighted by molar-refractivity contribution is -0.121. The van der Waals surface area contributed by atoms with E-state index in [2.05, 4.69) is 15.5 Å². The Kier molecular flexibility index (Phi) is 6.42. The van der Waals surface area contributed by atoms with Crippen molar-refractivity contribution in [2.75, 3.05) is 31.6 Å². The summed E-state index contributed by atoms with van der Waals surface area (Å²) in [6, 6.07) is 11.4. The van der Waals surface area contributed by atoms with E-state index in [-0.39, 0.29) is 18.5 Å². The number of carbonyl (C=O) groups is 2. The van der Waals surface area contributed by atoms with Crippen LogP contribution in [0.3, 0.4) is 0 Å². The van der Waals surface area contributed by atoms with Gasteiger partial charge in [0.15, 0.2) is 11.5 Å². The van der Waals surface area contributed by atoms with Gasteiger partial charge in [-0.2, -0.15) is 0 Å². The third kappa shape index (κ3) is 5.17. The van der Waals surface area contributed by atoms with Gasteiger partial charge in [-0.15, -0.1) is 0 Å². The van der Waals surface area contributed by atoms with E-state index in [9.17, 15) is 9.59 Å². The normalized spacial score (nSPS) is 18.3. The van der Waals surface area contributed by atoms with Gasteiger partial charge in [0.05, 0.1) is 19.8 Å². The average Bonchev–Trinajstić information content (AvgIpc) is 3.05. The fourth-order valence-electron chi connectivity index (χ4n) is 4.24. The molecule has 3 amide bonds. The Bertz CT molecular complexity index is 975. The summed E-state index contributed by atoms with van der Waals surface area (Å²) in [6.07, 6.45) is 2.83. The number of ether oxygens (including phenoxy) is 2. The maximum absolute atomic E-state index is 12.5. The molecule has 7 heteroatoms. The number of fused-ring (bicyclic) bond motifs is 1. The van der Waals surface area contributed by atoms with Crippen molar-refractivity contribution >= 4 is 17.6 Å². The Balaban J connectivity index is 1.36. The number of aryl methyl sites for hydroxylation is 2. The molecule has 0 radical (unpaired) electrons. The summed E-state index contributed by atoms with van der Waals surface area (Å²) in [5.41, 5.74) is 3.88. The van der Waals surface area contributed by atoms with Gasteiger partial charge in [-0.1, -0.05) is 23.8 Å². The quantitative estimate of drug-likeness (QED) is 0.778. The van der Waals surface area contributed by atoms with E-state index < -0.39 is 6.03 Å². The zero-order valence-corrected chi connectivity index (χ0v) is 18.1. The SMILES string of the molecule is Cc1ccc(NC(=O)NC(=O)CN2CCC[C@@H]2c2ccc3c(c2)OCCCO3)c(C)c1. The van der Waals surface area contributed by atoms with Crippen LogP contribution in [0.15, 0.2) is 36.4 Å². The number of likely N-dealkylation sites (tertiary alicyclic amines) is 1. The fraction of sp³-hybridized carbons (Fsp3) is 0.417. The highest BCUT2D eigenvalue weighted by atomic mass is 16.5. The lowest BCUT2D eigenvalue weighted by Crippen LogP contribution is -2.41. The fourth-order valence-corrected chi connectivity index (χ4v) is 4.24. The van der Waals surface area contributed by atoms with E-state index in [1.165, 1.54) is 0 Å². The van der Waals surface area contributed by atoms with E-state index in [1.54, 1.807) is 0 Å².